The van der Waals surface area contributed by atoms with Crippen molar-refractivity contribution in [1.29, 1.82) is 0 Å². The quantitative estimate of drug-likeness (QED) is 0.265. The lowest BCUT2D eigenvalue weighted by atomic mass is 10.1. The molecule has 2 heterocycles. The van der Waals surface area contributed by atoms with Crippen LogP contribution in [0.1, 0.15) is 19.3 Å². The van der Waals surface area contributed by atoms with Gasteiger partial charge in [-0.3, -0.25) is 0 Å². The molecule has 0 atom stereocenters. The largest absolute Gasteiger partial charge is 0.346 e. The number of benzene rings is 4. The van der Waals surface area contributed by atoms with Gasteiger partial charge in [0.15, 0.2) is 0 Å². The van der Waals surface area contributed by atoms with Crippen LogP contribution in [-0.2, 0) is 6.54 Å². The van der Waals surface area contributed by atoms with Gasteiger partial charge < -0.3 is 9.47 Å². The second kappa shape index (κ2) is 10.4. The molecule has 2 nitrogen and oxygen atoms in total. The Balaban J connectivity index is 1.55. The van der Waals surface area contributed by atoms with Gasteiger partial charge in [-0.1, -0.05) is 67.1 Å². The Bertz CT molecular complexity index is 1310. The third-order valence-corrected chi connectivity index (χ3v) is 12.0. The van der Waals surface area contributed by atoms with Crippen molar-refractivity contribution >= 4 is 39.4 Å². The number of aromatic nitrogens is 1. The van der Waals surface area contributed by atoms with E-state index in [0.29, 0.717) is 0 Å². The average Bonchev–Trinajstić information content (AvgIpc) is 3.38. The van der Waals surface area contributed by atoms with Crippen LogP contribution in [0, 0.1) is 0 Å². The van der Waals surface area contributed by atoms with Crippen LogP contribution in [0.5, 0.6) is 0 Å². The molecule has 0 N–H and O–H groups in total. The molecule has 0 aliphatic carbocycles. The van der Waals surface area contributed by atoms with E-state index < -0.39 is 7.26 Å². The van der Waals surface area contributed by atoms with Crippen molar-refractivity contribution in [3.63, 3.8) is 0 Å². The number of nitrogens with zero attached hydrogens (tertiary/aromatic N) is 2. The van der Waals surface area contributed by atoms with E-state index in [4.69, 9.17) is 0 Å². The summed E-state index contributed by atoms with van der Waals surface area (Å²) >= 11 is 0. The summed E-state index contributed by atoms with van der Waals surface area (Å²) in [6.45, 7) is 4.66. The Hall–Kier alpha value is -3.19. The molecule has 0 radical (unpaired) electrons. The molecular weight excluding hydrogens is 455 g/mol. The summed E-state index contributed by atoms with van der Waals surface area (Å²) in [6.07, 6.45) is 6.38. The van der Waals surface area contributed by atoms with Gasteiger partial charge in [0.25, 0.3) is 0 Å². The van der Waals surface area contributed by atoms with Crippen LogP contribution in [0.4, 0.5) is 0 Å². The zero-order valence-electron chi connectivity index (χ0n) is 20.8. The zero-order chi connectivity index (χ0) is 24.2. The molecule has 0 spiro atoms. The monoisotopic (exact) mass is 489 g/mol. The number of piperidine rings is 1. The van der Waals surface area contributed by atoms with Crippen LogP contribution >= 0.6 is 7.26 Å². The van der Waals surface area contributed by atoms with Crippen molar-refractivity contribution in [3.8, 4) is 0 Å². The average molecular weight is 490 g/mol. The molecule has 1 aliphatic rings. The summed E-state index contributed by atoms with van der Waals surface area (Å²) < 4.78 is 2.48. The fourth-order valence-corrected chi connectivity index (χ4v) is 10.4. The minimum Gasteiger partial charge on any atom is -0.346 e. The van der Waals surface area contributed by atoms with Crippen LogP contribution in [0.25, 0.3) is 10.9 Å². The maximum Gasteiger partial charge on any atom is 0.145 e. The molecule has 0 bridgehead atoms. The fraction of sp³-hybridized carbons (Fsp3) is 0.212. The van der Waals surface area contributed by atoms with Crippen molar-refractivity contribution in [2.45, 2.75) is 25.8 Å². The number of hydrogen-bond acceptors (Lipinski definition) is 1. The van der Waals surface area contributed by atoms with Crippen molar-refractivity contribution in [2.24, 2.45) is 0 Å². The summed E-state index contributed by atoms with van der Waals surface area (Å²) in [6, 6.07) is 42.9. The molecule has 4 aromatic carbocycles. The Morgan fingerprint density at radius 3 is 1.64 bits per heavy atom. The van der Waals surface area contributed by atoms with Gasteiger partial charge in [-0.2, -0.15) is 0 Å². The maximum absolute atomic E-state index is 2.63. The van der Waals surface area contributed by atoms with Gasteiger partial charge in [0, 0.05) is 24.7 Å². The molecule has 0 saturated carbocycles. The topological polar surface area (TPSA) is 8.17 Å². The SMILES string of the molecule is c1ccc([P+](c2ccccc2)(c2ccccc2)c2cccc3c2ccn3CCN2CCCCC2)cc1. The van der Waals surface area contributed by atoms with E-state index in [1.807, 2.05) is 0 Å². The van der Waals surface area contributed by atoms with Gasteiger partial charge in [-0.15, -0.1) is 0 Å². The first-order valence-corrected chi connectivity index (χ1v) is 15.0. The van der Waals surface area contributed by atoms with Crippen LogP contribution < -0.4 is 21.2 Å². The fourth-order valence-electron chi connectivity index (χ4n) is 5.95. The third-order valence-electron chi connectivity index (χ3n) is 7.69. The molecule has 6 rings (SSSR count). The Kier molecular flexibility index (Phi) is 6.73. The van der Waals surface area contributed by atoms with Gasteiger partial charge in [-0.25, -0.2) is 0 Å². The van der Waals surface area contributed by atoms with Crippen molar-refractivity contribution in [2.75, 3.05) is 19.6 Å². The zero-order valence-corrected chi connectivity index (χ0v) is 21.7. The van der Waals surface area contributed by atoms with E-state index in [0.717, 1.165) is 13.1 Å². The van der Waals surface area contributed by atoms with Crippen LogP contribution in [-0.4, -0.2) is 29.1 Å². The minimum absolute atomic E-state index is 1.04. The normalized spacial score (nSPS) is 14.8. The third kappa shape index (κ3) is 4.19. The van der Waals surface area contributed by atoms with Gasteiger partial charge >= 0.3 is 0 Å². The number of hydrogen-bond donors (Lipinski definition) is 0. The lowest BCUT2D eigenvalue weighted by Crippen LogP contribution is -2.38. The van der Waals surface area contributed by atoms with Crippen molar-refractivity contribution in [1.82, 2.24) is 9.47 Å². The highest BCUT2D eigenvalue weighted by Gasteiger charge is 2.48. The first-order chi connectivity index (χ1) is 17.9. The number of likely N-dealkylation sites (tertiary alicyclic amines) is 1. The predicted molar refractivity (Wildman–Crippen MR) is 157 cm³/mol. The second-order valence-electron chi connectivity index (χ2n) is 9.80. The summed E-state index contributed by atoms with van der Waals surface area (Å²) in [4.78, 5) is 2.63. The molecule has 0 unspecified atom stereocenters. The molecule has 36 heavy (non-hydrogen) atoms. The maximum atomic E-state index is 2.63. The highest BCUT2D eigenvalue weighted by atomic mass is 31.2. The molecule has 5 aromatic rings. The van der Waals surface area contributed by atoms with Crippen LogP contribution in [0.15, 0.2) is 121 Å². The number of rotatable bonds is 7. The van der Waals surface area contributed by atoms with Crippen LogP contribution in [0.2, 0.25) is 0 Å². The Morgan fingerprint density at radius 1 is 0.528 bits per heavy atom. The van der Waals surface area contributed by atoms with E-state index in [1.165, 1.54) is 64.5 Å². The summed E-state index contributed by atoms with van der Waals surface area (Å²) in [7, 11) is -2.11. The van der Waals surface area contributed by atoms with Crippen LogP contribution in [0.3, 0.4) is 0 Å². The highest BCUT2D eigenvalue weighted by Crippen LogP contribution is 2.55. The molecule has 0 amide bonds. The van der Waals surface area contributed by atoms with E-state index in [1.54, 1.807) is 0 Å². The van der Waals surface area contributed by atoms with E-state index in [9.17, 15) is 0 Å². The lowest BCUT2D eigenvalue weighted by Gasteiger charge is -2.28. The standard InChI is InChI=1S/C33H34N2P/c1-5-14-28(15-6-1)36(29-16-7-2-8-17-29,30-18-9-3-10-19-30)33-21-13-20-32-31(33)22-25-35(32)27-26-34-23-11-4-12-24-34/h1-3,5-10,13-22,25H,4,11-12,23-24,26-27H2/q+1. The highest BCUT2D eigenvalue weighted by molar-refractivity contribution is 8.01. The smallest absolute Gasteiger partial charge is 0.145 e. The summed E-state index contributed by atoms with van der Waals surface area (Å²) in [5, 5.41) is 7.02. The number of fused-ring (bicyclic) bond motifs is 1. The predicted octanol–water partition coefficient (Wildman–Crippen LogP) is 5.75. The molecular formula is C33H34N2P+. The minimum atomic E-state index is -2.11. The molecule has 1 aliphatic heterocycles. The lowest BCUT2D eigenvalue weighted by molar-refractivity contribution is 0.221. The first-order valence-electron chi connectivity index (χ1n) is 13.2. The van der Waals surface area contributed by atoms with Crippen molar-refractivity contribution in [3.05, 3.63) is 121 Å². The molecule has 3 heteroatoms. The van der Waals surface area contributed by atoms with Crippen molar-refractivity contribution < 1.29 is 0 Å². The van der Waals surface area contributed by atoms with Gasteiger partial charge in [-0.05, 0) is 80.5 Å². The first kappa shape index (κ1) is 23.2. The Labute approximate surface area is 215 Å². The molecule has 180 valence electrons. The van der Waals surface area contributed by atoms with E-state index in [2.05, 4.69) is 131 Å². The van der Waals surface area contributed by atoms with E-state index in [-0.39, 0.29) is 0 Å². The van der Waals surface area contributed by atoms with Gasteiger partial charge in [0.2, 0.25) is 0 Å². The Morgan fingerprint density at radius 2 is 1.08 bits per heavy atom. The van der Waals surface area contributed by atoms with Gasteiger partial charge in [0.05, 0.1) is 5.52 Å². The second-order valence-corrected chi connectivity index (χ2v) is 13.2. The molecule has 1 fully saturated rings. The summed E-state index contributed by atoms with van der Waals surface area (Å²) in [5.74, 6) is 0. The summed E-state index contributed by atoms with van der Waals surface area (Å²) in [5.41, 5.74) is 1.34. The van der Waals surface area contributed by atoms with Gasteiger partial charge in [0.1, 0.15) is 28.5 Å². The molecule has 1 aromatic heterocycles. The molecule has 1 saturated heterocycles. The van der Waals surface area contributed by atoms with E-state index >= 15 is 0 Å².